The van der Waals surface area contributed by atoms with Crippen LogP contribution in [0.2, 0.25) is 5.02 Å². The van der Waals surface area contributed by atoms with Crippen LogP contribution in [0.3, 0.4) is 0 Å². The molecular formula is C20H15ClINO4. The molecule has 0 aliphatic carbocycles. The number of benzene rings is 2. The van der Waals surface area contributed by atoms with E-state index in [9.17, 15) is 4.79 Å². The fourth-order valence-corrected chi connectivity index (χ4v) is 3.08. The van der Waals surface area contributed by atoms with Crippen LogP contribution >= 0.6 is 34.2 Å². The van der Waals surface area contributed by atoms with Gasteiger partial charge in [-0.05, 0) is 64.6 Å². The molecule has 3 rings (SSSR count). The molecular weight excluding hydrogens is 481 g/mol. The highest BCUT2D eigenvalue weighted by Crippen LogP contribution is 2.30. The maximum absolute atomic E-state index is 12.2. The number of hydrogen-bond acceptors (Lipinski definition) is 5. The monoisotopic (exact) mass is 495 g/mol. The minimum atomic E-state index is -0.536. The van der Waals surface area contributed by atoms with Gasteiger partial charge >= 0.3 is 5.97 Å². The fraction of sp³-hybridized carbons (Fsp3) is 0.100. The molecule has 0 bridgehead atoms. The number of ether oxygens (including phenoxy) is 3. The lowest BCUT2D eigenvalue weighted by molar-refractivity contribution is -0.129. The Morgan fingerprint density at radius 1 is 1.26 bits per heavy atom. The lowest BCUT2D eigenvalue weighted by atomic mass is 10.1. The predicted octanol–water partition coefficient (Wildman–Crippen LogP) is 4.86. The number of cyclic esters (lactones) is 1. The van der Waals surface area contributed by atoms with Crippen molar-refractivity contribution in [2.75, 3.05) is 13.7 Å². The van der Waals surface area contributed by atoms with E-state index in [2.05, 4.69) is 34.2 Å². The molecule has 0 saturated heterocycles. The second-order valence-electron chi connectivity index (χ2n) is 5.47. The summed E-state index contributed by atoms with van der Waals surface area (Å²) in [6.07, 6.45) is 3.27. The van der Waals surface area contributed by atoms with Crippen LogP contribution in [0.25, 0.3) is 6.08 Å². The van der Waals surface area contributed by atoms with E-state index in [1.54, 1.807) is 43.5 Å². The zero-order valence-corrected chi connectivity index (χ0v) is 17.3. The number of carbonyl (C=O) groups excluding carboxylic acids is 1. The van der Waals surface area contributed by atoms with E-state index >= 15 is 0 Å². The van der Waals surface area contributed by atoms with E-state index in [0.717, 1.165) is 9.13 Å². The van der Waals surface area contributed by atoms with E-state index in [0.29, 0.717) is 28.7 Å². The summed E-state index contributed by atoms with van der Waals surface area (Å²) in [6, 6.07) is 10.7. The molecule has 2 aromatic carbocycles. The van der Waals surface area contributed by atoms with E-state index in [4.69, 9.17) is 25.8 Å². The molecule has 5 nitrogen and oxygen atoms in total. The highest BCUT2D eigenvalue weighted by Gasteiger charge is 2.26. The van der Waals surface area contributed by atoms with Crippen molar-refractivity contribution in [3.63, 3.8) is 0 Å². The van der Waals surface area contributed by atoms with Crippen molar-refractivity contribution < 1.29 is 19.0 Å². The summed E-state index contributed by atoms with van der Waals surface area (Å²) >= 11 is 8.36. The smallest absolute Gasteiger partial charge is 0.363 e. The Morgan fingerprint density at radius 2 is 2.07 bits per heavy atom. The van der Waals surface area contributed by atoms with Crippen LogP contribution in [0, 0.1) is 3.57 Å². The number of nitrogens with zero attached hydrogens (tertiary/aromatic N) is 1. The third-order valence-electron chi connectivity index (χ3n) is 3.63. The number of methoxy groups -OCH3 is 1. The van der Waals surface area contributed by atoms with Gasteiger partial charge in [0.1, 0.15) is 6.61 Å². The number of carbonyl (C=O) groups is 1. The van der Waals surface area contributed by atoms with E-state index in [-0.39, 0.29) is 11.6 Å². The molecule has 2 aromatic rings. The van der Waals surface area contributed by atoms with Crippen LogP contribution in [0.4, 0.5) is 0 Å². The number of esters is 1. The van der Waals surface area contributed by atoms with Gasteiger partial charge in [0.2, 0.25) is 5.90 Å². The zero-order chi connectivity index (χ0) is 19.4. The zero-order valence-electron chi connectivity index (χ0n) is 14.4. The van der Waals surface area contributed by atoms with Crippen molar-refractivity contribution in [2.24, 2.45) is 4.99 Å². The van der Waals surface area contributed by atoms with Gasteiger partial charge in [-0.3, -0.25) is 0 Å². The Kier molecular flexibility index (Phi) is 6.18. The topological polar surface area (TPSA) is 57.1 Å². The second kappa shape index (κ2) is 8.58. The van der Waals surface area contributed by atoms with E-state index in [1.165, 1.54) is 0 Å². The second-order valence-corrected chi connectivity index (χ2v) is 7.12. The fourth-order valence-electron chi connectivity index (χ4n) is 2.39. The molecule has 0 atom stereocenters. The first-order valence-electron chi connectivity index (χ1n) is 7.91. The average Bonchev–Trinajstić information content (AvgIpc) is 3.02. The minimum Gasteiger partial charge on any atom is -0.493 e. The highest BCUT2D eigenvalue weighted by atomic mass is 127. The van der Waals surface area contributed by atoms with Crippen LogP contribution in [-0.4, -0.2) is 25.6 Å². The molecule has 0 radical (unpaired) electrons. The first kappa shape index (κ1) is 19.4. The van der Waals surface area contributed by atoms with Gasteiger partial charge in [-0.1, -0.05) is 30.3 Å². The van der Waals surface area contributed by atoms with Crippen molar-refractivity contribution in [3.05, 3.63) is 74.5 Å². The van der Waals surface area contributed by atoms with Crippen LogP contribution < -0.4 is 9.47 Å². The molecule has 27 heavy (non-hydrogen) atoms. The van der Waals surface area contributed by atoms with Crippen LogP contribution in [0.15, 0.2) is 59.7 Å². The third kappa shape index (κ3) is 4.51. The Balaban J connectivity index is 1.92. The molecule has 138 valence electrons. The van der Waals surface area contributed by atoms with Gasteiger partial charge in [-0.2, -0.15) is 0 Å². The van der Waals surface area contributed by atoms with Gasteiger partial charge in [0.25, 0.3) is 0 Å². The summed E-state index contributed by atoms with van der Waals surface area (Å²) in [5.74, 6) is 0.782. The molecule has 1 aliphatic heterocycles. The van der Waals surface area contributed by atoms with Gasteiger partial charge in [-0.25, -0.2) is 9.79 Å². The largest absolute Gasteiger partial charge is 0.493 e. The number of aliphatic imine (C=N–C) groups is 1. The number of halogens is 2. The summed E-state index contributed by atoms with van der Waals surface area (Å²) in [6.45, 7) is 3.99. The number of hydrogen-bond donors (Lipinski definition) is 0. The average molecular weight is 496 g/mol. The molecule has 7 heteroatoms. The van der Waals surface area contributed by atoms with Gasteiger partial charge in [0, 0.05) is 3.57 Å². The van der Waals surface area contributed by atoms with Crippen molar-refractivity contribution in [2.45, 2.75) is 0 Å². The van der Waals surface area contributed by atoms with Crippen molar-refractivity contribution in [1.82, 2.24) is 0 Å². The predicted molar refractivity (Wildman–Crippen MR) is 113 cm³/mol. The van der Waals surface area contributed by atoms with Crippen molar-refractivity contribution in [3.8, 4) is 11.5 Å². The lowest BCUT2D eigenvalue weighted by Gasteiger charge is -2.09. The van der Waals surface area contributed by atoms with Gasteiger partial charge < -0.3 is 14.2 Å². The minimum absolute atomic E-state index is 0.182. The van der Waals surface area contributed by atoms with Crippen LogP contribution in [0.1, 0.15) is 11.1 Å². The summed E-state index contributed by atoms with van der Waals surface area (Å²) in [7, 11) is 1.55. The quantitative estimate of drug-likeness (QED) is 0.249. The third-order valence-corrected chi connectivity index (χ3v) is 4.63. The first-order valence-corrected chi connectivity index (χ1v) is 9.37. The van der Waals surface area contributed by atoms with Crippen molar-refractivity contribution in [1.29, 1.82) is 0 Å². The Hall–Kier alpha value is -2.32. The van der Waals surface area contributed by atoms with Gasteiger partial charge in [0.15, 0.2) is 17.2 Å². The Labute approximate surface area is 175 Å². The molecule has 0 unspecified atom stereocenters. The maximum Gasteiger partial charge on any atom is 0.363 e. The van der Waals surface area contributed by atoms with E-state index in [1.807, 2.05) is 12.1 Å². The highest BCUT2D eigenvalue weighted by molar-refractivity contribution is 14.1. The van der Waals surface area contributed by atoms with Crippen LogP contribution in [0.5, 0.6) is 11.5 Å². The molecule has 0 amide bonds. The molecule has 1 aliphatic rings. The standard InChI is InChI=1S/C20H15ClINO4/c1-3-8-26-17-7-4-12(10-18(17)25-2)9-16-20(24)27-19(23-16)14-11-13(22)5-6-15(14)21/h3-7,9-11H,1,8H2,2H3. The maximum atomic E-state index is 12.2. The summed E-state index contributed by atoms with van der Waals surface area (Å²) in [5, 5.41) is 0.466. The normalized spacial score (nSPS) is 14.7. The SMILES string of the molecule is C=CCOc1ccc(C=C2N=C(c3cc(I)ccc3Cl)OC2=O)cc1OC. The van der Waals surface area contributed by atoms with Crippen molar-refractivity contribution >= 4 is 52.1 Å². The summed E-state index contributed by atoms with van der Waals surface area (Å²) < 4.78 is 17.1. The van der Waals surface area contributed by atoms with Gasteiger partial charge in [0.05, 0.1) is 17.7 Å². The molecule has 0 N–H and O–H groups in total. The Bertz CT molecular complexity index is 968. The molecule has 0 spiro atoms. The first-order chi connectivity index (χ1) is 13.0. The molecule has 0 fully saturated rings. The lowest BCUT2D eigenvalue weighted by Crippen LogP contribution is -2.06. The summed E-state index contributed by atoms with van der Waals surface area (Å²) in [5.41, 5.74) is 1.48. The molecule has 0 saturated carbocycles. The Morgan fingerprint density at radius 3 is 2.81 bits per heavy atom. The van der Waals surface area contributed by atoms with E-state index < -0.39 is 5.97 Å². The van der Waals surface area contributed by atoms with Gasteiger partial charge in [-0.15, -0.1) is 0 Å². The molecule has 1 heterocycles. The number of rotatable bonds is 6. The summed E-state index contributed by atoms with van der Waals surface area (Å²) in [4.78, 5) is 16.5. The van der Waals surface area contributed by atoms with Crippen LogP contribution in [-0.2, 0) is 9.53 Å². The molecule has 0 aromatic heterocycles.